The van der Waals surface area contributed by atoms with Crippen LogP contribution in [0.25, 0.3) is 0 Å². The molecule has 0 radical (unpaired) electrons. The number of thioether (sulfide) groups is 1. The number of aliphatic hydroxyl groups excluding tert-OH is 1. The van der Waals surface area contributed by atoms with Crippen LogP contribution in [-0.4, -0.2) is 67.4 Å². The van der Waals surface area contributed by atoms with Crippen molar-refractivity contribution in [2.75, 3.05) is 17.7 Å². The molecule has 222 valence electrons. The first-order valence-corrected chi connectivity index (χ1v) is 15.5. The quantitative estimate of drug-likeness (QED) is 0.0899. The Hall–Kier alpha value is -4.78. The normalized spacial score (nSPS) is 17.8. The van der Waals surface area contributed by atoms with E-state index in [9.17, 15) is 29.4 Å². The molecule has 1 unspecified atom stereocenters. The largest absolute Gasteiger partial charge is 0.477 e. The third-order valence-corrected chi connectivity index (χ3v) is 9.68. The molecule has 44 heavy (non-hydrogen) atoms. The average Bonchev–Trinajstić information content (AvgIpc) is 3.54. The molecule has 0 aliphatic carbocycles. The van der Waals surface area contributed by atoms with Gasteiger partial charge >= 0.3 is 5.97 Å². The molecule has 0 saturated carbocycles. The van der Waals surface area contributed by atoms with Gasteiger partial charge in [0.2, 0.25) is 0 Å². The first-order chi connectivity index (χ1) is 21.3. The number of carbonyl (C=O) groups is 4. The molecular formula is C32H26N4O6S2. The second-order valence-corrected chi connectivity index (χ2v) is 12.1. The Morgan fingerprint density at radius 1 is 0.909 bits per heavy atom. The number of thiazole rings is 1. The summed E-state index contributed by atoms with van der Waals surface area (Å²) in [6, 6.07) is 28.5. The van der Waals surface area contributed by atoms with Crippen LogP contribution in [0.15, 0.2) is 108 Å². The van der Waals surface area contributed by atoms with E-state index in [1.165, 1.54) is 28.5 Å². The van der Waals surface area contributed by atoms with Crippen LogP contribution in [-0.2, 0) is 19.9 Å². The summed E-state index contributed by atoms with van der Waals surface area (Å²) in [5.74, 6) is -3.76. The van der Waals surface area contributed by atoms with E-state index in [-0.39, 0.29) is 22.7 Å². The Morgan fingerprint density at radius 3 is 1.95 bits per heavy atom. The maximum Gasteiger partial charge on any atom is 0.352 e. The van der Waals surface area contributed by atoms with Crippen LogP contribution in [0.3, 0.4) is 0 Å². The second-order valence-electron chi connectivity index (χ2n) is 10.1. The number of fused-ring (bicyclic) bond motifs is 1. The third kappa shape index (κ3) is 5.06. The van der Waals surface area contributed by atoms with E-state index >= 15 is 0 Å². The number of Topliss-reactive ketones (excluding diaryl/α,β-unsaturated/α-hetero) is 1. The van der Waals surface area contributed by atoms with E-state index in [4.69, 9.17) is 0 Å². The topological polar surface area (TPSA) is 149 Å². The van der Waals surface area contributed by atoms with Gasteiger partial charge in [-0.15, -0.1) is 23.1 Å². The number of β-lactam (4-membered cyclic amide) rings is 1. The number of rotatable bonds is 10. The third-order valence-electron chi connectivity index (χ3n) is 7.59. The number of benzene rings is 3. The minimum Gasteiger partial charge on any atom is -0.477 e. The van der Waals surface area contributed by atoms with Crippen LogP contribution >= 0.6 is 23.1 Å². The van der Waals surface area contributed by atoms with E-state index in [0.29, 0.717) is 5.13 Å². The van der Waals surface area contributed by atoms with E-state index in [1.54, 1.807) is 0 Å². The molecule has 2 aliphatic rings. The Bertz CT molecular complexity index is 1660. The zero-order valence-electron chi connectivity index (χ0n) is 23.0. The second kappa shape index (κ2) is 12.1. The minimum atomic E-state index is -1.34. The molecule has 1 aromatic heterocycles. The Morgan fingerprint density at radius 2 is 1.45 bits per heavy atom. The number of hydrogen-bond donors (Lipinski definition) is 4. The molecule has 2 amide bonds. The van der Waals surface area contributed by atoms with Crippen LogP contribution in [0.4, 0.5) is 5.13 Å². The van der Waals surface area contributed by atoms with Crippen molar-refractivity contribution in [3.05, 3.63) is 130 Å². The van der Waals surface area contributed by atoms with E-state index in [2.05, 4.69) is 15.6 Å². The van der Waals surface area contributed by atoms with Crippen molar-refractivity contribution >= 4 is 51.8 Å². The van der Waals surface area contributed by atoms with Gasteiger partial charge in [-0.05, 0) is 22.3 Å². The lowest BCUT2D eigenvalue weighted by Gasteiger charge is -2.49. The molecule has 0 bridgehead atoms. The monoisotopic (exact) mass is 626 g/mol. The lowest BCUT2D eigenvalue weighted by atomic mass is 9.77. The number of hydrogen-bond acceptors (Lipinski definition) is 9. The highest BCUT2D eigenvalue weighted by atomic mass is 32.2. The predicted octanol–water partition coefficient (Wildman–Crippen LogP) is 3.46. The summed E-state index contributed by atoms with van der Waals surface area (Å²) in [7, 11) is 0. The highest BCUT2D eigenvalue weighted by molar-refractivity contribution is 8.00. The van der Waals surface area contributed by atoms with Crippen molar-refractivity contribution in [2.24, 2.45) is 0 Å². The van der Waals surface area contributed by atoms with E-state index in [1.807, 2.05) is 91.0 Å². The summed E-state index contributed by atoms with van der Waals surface area (Å²) in [6.45, 7) is -0.499. The van der Waals surface area contributed by atoms with Crippen LogP contribution in [0.1, 0.15) is 27.2 Å². The maximum atomic E-state index is 13.2. The van der Waals surface area contributed by atoms with Gasteiger partial charge in [0.1, 0.15) is 28.3 Å². The molecule has 2 atom stereocenters. The molecule has 12 heteroatoms. The van der Waals surface area contributed by atoms with Gasteiger partial charge in [0.15, 0.2) is 5.13 Å². The van der Waals surface area contributed by atoms with Crippen LogP contribution < -0.4 is 10.6 Å². The van der Waals surface area contributed by atoms with Crippen LogP contribution in [0.2, 0.25) is 0 Å². The number of aliphatic carboxylic acids is 1. The van der Waals surface area contributed by atoms with Gasteiger partial charge in [0.25, 0.3) is 17.6 Å². The molecule has 3 heterocycles. The van der Waals surface area contributed by atoms with E-state index < -0.39 is 47.1 Å². The first-order valence-electron chi connectivity index (χ1n) is 13.6. The average molecular weight is 627 g/mol. The Balaban J connectivity index is 1.26. The molecule has 10 nitrogen and oxygen atoms in total. The van der Waals surface area contributed by atoms with Crippen molar-refractivity contribution < 1.29 is 29.4 Å². The van der Waals surface area contributed by atoms with Crippen molar-refractivity contribution in [1.82, 2.24) is 15.2 Å². The fourth-order valence-electron chi connectivity index (χ4n) is 5.50. The van der Waals surface area contributed by atoms with E-state index in [0.717, 1.165) is 21.6 Å². The summed E-state index contributed by atoms with van der Waals surface area (Å²) < 4.78 is 0. The van der Waals surface area contributed by atoms with Gasteiger partial charge in [-0.1, -0.05) is 91.0 Å². The number of ketones is 1. The number of amides is 2. The van der Waals surface area contributed by atoms with Gasteiger partial charge in [-0.3, -0.25) is 19.3 Å². The Labute approximate surface area is 260 Å². The van der Waals surface area contributed by atoms with Crippen LogP contribution in [0.5, 0.6) is 0 Å². The maximum absolute atomic E-state index is 13.2. The zero-order chi connectivity index (χ0) is 30.8. The van der Waals surface area contributed by atoms with Crippen molar-refractivity contribution in [3.63, 3.8) is 0 Å². The number of aliphatic hydroxyl groups is 1. The number of nitrogens with zero attached hydrogens (tertiary/aromatic N) is 2. The molecule has 0 spiro atoms. The lowest BCUT2D eigenvalue weighted by Crippen LogP contribution is -2.71. The summed E-state index contributed by atoms with van der Waals surface area (Å²) in [4.78, 5) is 56.2. The summed E-state index contributed by atoms with van der Waals surface area (Å²) in [6.07, 6.45) is 0. The number of anilines is 1. The van der Waals surface area contributed by atoms with Gasteiger partial charge in [0, 0.05) is 11.1 Å². The molecule has 2 aliphatic heterocycles. The fourth-order valence-corrected chi connectivity index (χ4v) is 7.59. The predicted molar refractivity (Wildman–Crippen MR) is 166 cm³/mol. The van der Waals surface area contributed by atoms with Crippen molar-refractivity contribution in [2.45, 2.75) is 17.0 Å². The van der Waals surface area contributed by atoms with Gasteiger partial charge in [-0.2, -0.15) is 0 Å². The minimum absolute atomic E-state index is 0.0910. The van der Waals surface area contributed by atoms with Gasteiger partial charge in [0.05, 0.1) is 6.61 Å². The first kappa shape index (κ1) is 29.3. The number of carboxylic acids is 1. The summed E-state index contributed by atoms with van der Waals surface area (Å²) >= 11 is 2.38. The SMILES string of the molecule is O=C(O)C1=C(CO)CS[C@H]2C(NC(=O)C(=O)c3csc(NC(c4ccccc4)(c4ccccc4)c4ccccc4)n3)C(=O)N12. The van der Waals surface area contributed by atoms with Crippen molar-refractivity contribution in [1.29, 1.82) is 0 Å². The number of carbonyl (C=O) groups excluding carboxylic acids is 3. The zero-order valence-corrected chi connectivity index (χ0v) is 24.7. The number of carboxylic acid groups (broad SMARTS) is 1. The van der Waals surface area contributed by atoms with Crippen molar-refractivity contribution in [3.8, 4) is 0 Å². The highest BCUT2D eigenvalue weighted by Crippen LogP contribution is 2.42. The molecule has 3 aromatic carbocycles. The molecular weight excluding hydrogens is 601 g/mol. The van der Waals surface area contributed by atoms with Gasteiger partial charge in [-0.25, -0.2) is 9.78 Å². The van der Waals surface area contributed by atoms with Gasteiger partial charge < -0.3 is 20.8 Å². The number of aromatic nitrogens is 1. The lowest BCUT2D eigenvalue weighted by molar-refractivity contribution is -0.150. The van der Waals surface area contributed by atoms with Crippen LogP contribution in [0, 0.1) is 0 Å². The molecule has 4 aromatic rings. The molecule has 4 N–H and O–H groups in total. The molecule has 6 rings (SSSR count). The fraction of sp³-hybridized carbons (Fsp3) is 0.156. The summed E-state index contributed by atoms with van der Waals surface area (Å²) in [5.41, 5.74) is 1.78. The summed E-state index contributed by atoms with van der Waals surface area (Å²) in [5, 5.41) is 26.3. The number of nitrogens with one attached hydrogen (secondary N) is 2. The molecule has 1 fully saturated rings. The molecule has 1 saturated heterocycles. The standard InChI is InChI=1S/C32H26N4O6S2/c37-16-19-17-43-29-24(28(40)36(29)25(19)30(41)42)34-27(39)26(38)23-18-44-31(33-23)35-32(20-10-4-1-5-11-20,21-12-6-2-7-13-21)22-14-8-3-9-15-22/h1-15,18,24,29,37H,16-17H2,(H,33,35)(H,34,39)(H,41,42)/t24?,29-/m0/s1. The Kier molecular flexibility index (Phi) is 8.04. The smallest absolute Gasteiger partial charge is 0.352 e. The highest BCUT2D eigenvalue weighted by Gasteiger charge is 2.54.